The standard InChI is InChI=1S/C16H18N4O/c1-19-7-3-5-11-12-4-2-6-13-15(12)10(8-14(11)19)9-20(13)18-16(17)21/h2,4-6,9,14H,3,7-8H2,1H3,(H3,17,18,21)/t14-/m1/s1. The molecule has 0 saturated carbocycles. The number of urea groups is 1. The molecule has 1 aliphatic heterocycles. The number of carbonyl (C=O) groups is 1. The molecule has 5 nitrogen and oxygen atoms in total. The molecule has 3 N–H and O–H groups in total. The molecule has 0 unspecified atom stereocenters. The third-order valence-electron chi connectivity index (χ3n) is 4.60. The van der Waals surface area contributed by atoms with Gasteiger partial charge >= 0.3 is 6.03 Å². The van der Waals surface area contributed by atoms with E-state index in [-0.39, 0.29) is 0 Å². The molecule has 0 saturated heterocycles. The van der Waals surface area contributed by atoms with Gasteiger partial charge in [0.05, 0.1) is 5.52 Å². The molecule has 2 aliphatic rings. The Morgan fingerprint density at radius 1 is 1.43 bits per heavy atom. The van der Waals surface area contributed by atoms with Gasteiger partial charge in [0.2, 0.25) is 0 Å². The highest BCUT2D eigenvalue weighted by molar-refractivity contribution is 5.99. The van der Waals surface area contributed by atoms with E-state index in [0.29, 0.717) is 6.04 Å². The fraction of sp³-hybridized carbons (Fsp3) is 0.312. The van der Waals surface area contributed by atoms with Gasteiger partial charge in [0.15, 0.2) is 0 Å². The Morgan fingerprint density at radius 2 is 2.29 bits per heavy atom. The van der Waals surface area contributed by atoms with Gasteiger partial charge in [0.1, 0.15) is 0 Å². The van der Waals surface area contributed by atoms with Crippen molar-refractivity contribution in [2.45, 2.75) is 18.9 Å². The second-order valence-electron chi connectivity index (χ2n) is 5.85. The molecule has 0 radical (unpaired) electrons. The van der Waals surface area contributed by atoms with Gasteiger partial charge in [0.25, 0.3) is 0 Å². The molecule has 2 heterocycles. The van der Waals surface area contributed by atoms with Crippen molar-refractivity contribution in [2.24, 2.45) is 5.73 Å². The van der Waals surface area contributed by atoms with Gasteiger partial charge in [-0.25, -0.2) is 10.2 Å². The molecule has 1 aliphatic carbocycles. The number of fused-ring (bicyclic) bond motifs is 2. The number of nitrogens with one attached hydrogen (secondary N) is 1. The Labute approximate surface area is 123 Å². The predicted octanol–water partition coefficient (Wildman–Crippen LogP) is 1.91. The topological polar surface area (TPSA) is 63.3 Å². The van der Waals surface area contributed by atoms with Gasteiger partial charge in [-0.2, -0.15) is 0 Å². The first kappa shape index (κ1) is 12.5. The van der Waals surface area contributed by atoms with E-state index < -0.39 is 6.03 Å². The summed E-state index contributed by atoms with van der Waals surface area (Å²) in [7, 11) is 2.18. The number of rotatable bonds is 1. The summed E-state index contributed by atoms with van der Waals surface area (Å²) in [6.07, 6.45) is 6.43. The number of carbonyl (C=O) groups excluding carboxylic acids is 1. The van der Waals surface area contributed by atoms with Gasteiger partial charge in [0, 0.05) is 24.2 Å². The molecule has 2 amide bonds. The zero-order valence-electron chi connectivity index (χ0n) is 12.0. The Kier molecular flexibility index (Phi) is 2.59. The molecule has 1 aromatic heterocycles. The number of hydrogen-bond acceptors (Lipinski definition) is 2. The molecule has 0 spiro atoms. The average molecular weight is 282 g/mol. The Balaban J connectivity index is 1.95. The maximum atomic E-state index is 11.2. The van der Waals surface area contributed by atoms with Crippen molar-refractivity contribution in [1.29, 1.82) is 0 Å². The average Bonchev–Trinajstić information content (AvgIpc) is 2.79. The molecule has 108 valence electrons. The highest BCUT2D eigenvalue weighted by Gasteiger charge is 2.31. The number of benzene rings is 1. The number of primary amides is 1. The summed E-state index contributed by atoms with van der Waals surface area (Å²) in [4.78, 5) is 13.6. The van der Waals surface area contributed by atoms with Gasteiger partial charge < -0.3 is 5.73 Å². The van der Waals surface area contributed by atoms with Crippen LogP contribution in [0.1, 0.15) is 17.5 Å². The quantitative estimate of drug-likeness (QED) is 0.839. The van der Waals surface area contributed by atoms with Crippen molar-refractivity contribution in [1.82, 2.24) is 9.58 Å². The molecule has 4 rings (SSSR count). The Bertz CT molecular complexity index is 774. The van der Waals surface area contributed by atoms with E-state index >= 15 is 0 Å². The normalized spacial score (nSPS) is 21.0. The minimum absolute atomic E-state index is 0.432. The van der Waals surface area contributed by atoms with Crippen molar-refractivity contribution in [3.8, 4) is 0 Å². The van der Waals surface area contributed by atoms with Crippen molar-refractivity contribution in [3.05, 3.63) is 41.6 Å². The summed E-state index contributed by atoms with van der Waals surface area (Å²) in [5, 5.41) is 1.24. The predicted molar refractivity (Wildman–Crippen MR) is 83.6 cm³/mol. The molecule has 1 aromatic carbocycles. The highest BCUT2D eigenvalue weighted by Crippen LogP contribution is 2.40. The third kappa shape index (κ3) is 1.77. The van der Waals surface area contributed by atoms with Crippen LogP contribution < -0.4 is 11.2 Å². The van der Waals surface area contributed by atoms with Crippen LogP contribution in [0.5, 0.6) is 0 Å². The van der Waals surface area contributed by atoms with Gasteiger partial charge in [-0.1, -0.05) is 18.2 Å². The number of amides is 2. The monoisotopic (exact) mass is 282 g/mol. The van der Waals surface area contributed by atoms with Crippen molar-refractivity contribution < 1.29 is 4.79 Å². The molecular formula is C16H18N4O. The molecule has 21 heavy (non-hydrogen) atoms. The van der Waals surface area contributed by atoms with Crippen LogP contribution >= 0.6 is 0 Å². The lowest BCUT2D eigenvalue weighted by atomic mass is 9.82. The van der Waals surface area contributed by atoms with Crippen LogP contribution in [0.2, 0.25) is 0 Å². The van der Waals surface area contributed by atoms with Crippen LogP contribution in [0.15, 0.2) is 30.5 Å². The summed E-state index contributed by atoms with van der Waals surface area (Å²) in [5.41, 5.74) is 12.9. The van der Waals surface area contributed by atoms with E-state index in [1.807, 2.05) is 18.3 Å². The van der Waals surface area contributed by atoms with Crippen molar-refractivity contribution in [2.75, 3.05) is 19.0 Å². The van der Waals surface area contributed by atoms with E-state index in [1.54, 1.807) is 4.68 Å². The van der Waals surface area contributed by atoms with Crippen LogP contribution in [-0.4, -0.2) is 35.2 Å². The van der Waals surface area contributed by atoms with Gasteiger partial charge in [-0.05, 0) is 42.7 Å². The second-order valence-corrected chi connectivity index (χ2v) is 5.85. The summed E-state index contributed by atoms with van der Waals surface area (Å²) < 4.78 is 1.74. The number of nitrogens with two attached hydrogens (primary N) is 1. The summed E-state index contributed by atoms with van der Waals surface area (Å²) in [5.74, 6) is 0. The molecule has 0 fully saturated rings. The fourth-order valence-corrected chi connectivity index (χ4v) is 3.69. The Hall–Kier alpha value is -2.27. The number of nitrogens with zero attached hydrogens (tertiary/aromatic N) is 2. The van der Waals surface area contributed by atoms with E-state index in [4.69, 9.17) is 5.73 Å². The molecule has 2 aromatic rings. The number of aromatic nitrogens is 1. The minimum atomic E-state index is -0.545. The lowest BCUT2D eigenvalue weighted by Gasteiger charge is -2.36. The van der Waals surface area contributed by atoms with Gasteiger partial charge in [-0.3, -0.25) is 9.58 Å². The maximum absolute atomic E-state index is 11.2. The largest absolute Gasteiger partial charge is 0.350 e. The summed E-state index contributed by atoms with van der Waals surface area (Å²) in [6.45, 7) is 1.10. The molecule has 1 atom stereocenters. The third-order valence-corrected chi connectivity index (χ3v) is 4.60. The summed E-state index contributed by atoms with van der Waals surface area (Å²) >= 11 is 0. The first-order valence-electron chi connectivity index (χ1n) is 7.25. The smallest absolute Gasteiger partial charge is 0.331 e. The lowest BCUT2D eigenvalue weighted by Crippen LogP contribution is -2.39. The molecule has 5 heteroatoms. The second kappa shape index (κ2) is 4.36. The lowest BCUT2D eigenvalue weighted by molar-refractivity contribution is 0.257. The first-order valence-corrected chi connectivity index (χ1v) is 7.25. The van der Waals surface area contributed by atoms with E-state index in [9.17, 15) is 4.79 Å². The van der Waals surface area contributed by atoms with Crippen LogP contribution in [0.4, 0.5) is 4.79 Å². The van der Waals surface area contributed by atoms with Crippen LogP contribution in [0.3, 0.4) is 0 Å². The van der Waals surface area contributed by atoms with Crippen molar-refractivity contribution >= 4 is 22.5 Å². The SMILES string of the molecule is CN1CCC=C2c3cccc4c3c(cn4NC(N)=O)C[C@H]21. The summed E-state index contributed by atoms with van der Waals surface area (Å²) in [6, 6.07) is 6.12. The van der Waals surface area contributed by atoms with Crippen molar-refractivity contribution in [3.63, 3.8) is 0 Å². The maximum Gasteiger partial charge on any atom is 0.331 e. The van der Waals surface area contributed by atoms with E-state index in [1.165, 1.54) is 22.1 Å². The highest BCUT2D eigenvalue weighted by atomic mass is 16.2. The fourth-order valence-electron chi connectivity index (χ4n) is 3.69. The minimum Gasteiger partial charge on any atom is -0.350 e. The molecular weight excluding hydrogens is 264 g/mol. The van der Waals surface area contributed by atoms with E-state index in [2.05, 4.69) is 29.5 Å². The zero-order valence-corrected chi connectivity index (χ0v) is 12.0. The Morgan fingerprint density at radius 3 is 3.10 bits per heavy atom. The van der Waals surface area contributed by atoms with Gasteiger partial charge in [-0.15, -0.1) is 0 Å². The first-order chi connectivity index (χ1) is 10.1. The van der Waals surface area contributed by atoms with E-state index in [0.717, 1.165) is 24.9 Å². The zero-order chi connectivity index (χ0) is 14.6. The number of likely N-dealkylation sites (N-methyl/N-ethyl adjacent to an activating group) is 1. The molecule has 0 bridgehead atoms. The number of hydrogen-bond donors (Lipinski definition) is 2. The van der Waals surface area contributed by atoms with Crippen LogP contribution in [0.25, 0.3) is 16.5 Å². The van der Waals surface area contributed by atoms with Crippen LogP contribution in [-0.2, 0) is 6.42 Å². The van der Waals surface area contributed by atoms with Crippen LogP contribution in [0, 0.1) is 0 Å².